The van der Waals surface area contributed by atoms with E-state index in [1.807, 2.05) is 6.92 Å². The standard InChI is InChI=1S/C9H13NO3/c1-4-5-13-9(12)7(3)6(2)8(10)11/h2-5H2,1H3,(H2,10,11). The maximum atomic E-state index is 11.1. The van der Waals surface area contributed by atoms with E-state index in [1.54, 1.807) is 0 Å². The summed E-state index contributed by atoms with van der Waals surface area (Å²) in [5, 5.41) is 0. The molecule has 0 saturated carbocycles. The molecular formula is C9H13NO3. The molecule has 0 aliphatic heterocycles. The molecule has 0 aromatic carbocycles. The van der Waals surface area contributed by atoms with Gasteiger partial charge in [-0.2, -0.15) is 0 Å². The van der Waals surface area contributed by atoms with E-state index in [4.69, 9.17) is 10.5 Å². The van der Waals surface area contributed by atoms with Crippen LogP contribution in [0.25, 0.3) is 0 Å². The zero-order valence-electron chi connectivity index (χ0n) is 7.63. The molecule has 0 bridgehead atoms. The molecule has 0 aliphatic carbocycles. The first-order chi connectivity index (χ1) is 6.00. The van der Waals surface area contributed by atoms with Gasteiger partial charge < -0.3 is 10.5 Å². The number of nitrogens with two attached hydrogens (primary N) is 1. The second kappa shape index (κ2) is 5.13. The Morgan fingerprint density at radius 1 is 1.31 bits per heavy atom. The average Bonchev–Trinajstić information content (AvgIpc) is 2.11. The van der Waals surface area contributed by atoms with Crippen LogP contribution in [0.15, 0.2) is 24.3 Å². The summed E-state index contributed by atoms with van der Waals surface area (Å²) in [6.45, 7) is 8.82. The molecule has 13 heavy (non-hydrogen) atoms. The van der Waals surface area contributed by atoms with Crippen molar-refractivity contribution in [2.45, 2.75) is 13.3 Å². The number of hydrogen-bond donors (Lipinski definition) is 1. The van der Waals surface area contributed by atoms with Gasteiger partial charge in [0.2, 0.25) is 5.91 Å². The van der Waals surface area contributed by atoms with Crippen LogP contribution in [0, 0.1) is 0 Å². The summed E-state index contributed by atoms with van der Waals surface area (Å²) in [6, 6.07) is 0. The minimum Gasteiger partial charge on any atom is -0.462 e. The summed E-state index contributed by atoms with van der Waals surface area (Å²) in [4.78, 5) is 21.6. The normalized spacial score (nSPS) is 9.00. The molecule has 2 N–H and O–H groups in total. The Labute approximate surface area is 77.1 Å². The SMILES string of the molecule is C=C(C(=C)C(=O)OCCC)C(N)=O. The lowest BCUT2D eigenvalue weighted by Crippen LogP contribution is -2.19. The van der Waals surface area contributed by atoms with Crippen molar-refractivity contribution in [2.75, 3.05) is 6.61 Å². The second-order valence-corrected chi connectivity index (χ2v) is 2.46. The fourth-order valence-corrected chi connectivity index (χ4v) is 0.554. The zero-order chi connectivity index (χ0) is 10.4. The van der Waals surface area contributed by atoms with E-state index in [0.717, 1.165) is 0 Å². The third-order valence-electron chi connectivity index (χ3n) is 1.35. The van der Waals surface area contributed by atoms with E-state index in [0.29, 0.717) is 13.0 Å². The quantitative estimate of drug-likeness (QED) is 0.384. The van der Waals surface area contributed by atoms with Crippen LogP contribution in [0.5, 0.6) is 0 Å². The highest BCUT2D eigenvalue weighted by Gasteiger charge is 2.15. The minimum absolute atomic E-state index is 0.0825. The maximum absolute atomic E-state index is 11.1. The molecule has 72 valence electrons. The largest absolute Gasteiger partial charge is 0.462 e. The van der Waals surface area contributed by atoms with Crippen LogP contribution in [-0.4, -0.2) is 18.5 Å². The number of carbonyl (C=O) groups is 2. The fraction of sp³-hybridized carbons (Fsp3) is 0.333. The van der Waals surface area contributed by atoms with Crippen LogP contribution in [0.1, 0.15) is 13.3 Å². The molecule has 0 heterocycles. The number of ether oxygens (including phenoxy) is 1. The fourth-order valence-electron chi connectivity index (χ4n) is 0.554. The second-order valence-electron chi connectivity index (χ2n) is 2.46. The molecule has 0 unspecified atom stereocenters. The molecule has 0 aromatic rings. The maximum Gasteiger partial charge on any atom is 0.338 e. The predicted octanol–water partition coefficient (Wildman–Crippen LogP) is 0.537. The first-order valence-electron chi connectivity index (χ1n) is 3.85. The van der Waals surface area contributed by atoms with Crippen LogP contribution in [-0.2, 0) is 14.3 Å². The van der Waals surface area contributed by atoms with Crippen molar-refractivity contribution in [1.29, 1.82) is 0 Å². The molecule has 0 fully saturated rings. The highest BCUT2D eigenvalue weighted by Crippen LogP contribution is 2.06. The number of hydrogen-bond acceptors (Lipinski definition) is 3. The van der Waals surface area contributed by atoms with Gasteiger partial charge in [-0.1, -0.05) is 20.1 Å². The first-order valence-corrected chi connectivity index (χ1v) is 3.85. The molecule has 0 spiro atoms. The summed E-state index contributed by atoms with van der Waals surface area (Å²) in [6.07, 6.45) is 0.710. The van der Waals surface area contributed by atoms with Gasteiger partial charge in [-0.05, 0) is 6.42 Å². The Kier molecular flexibility index (Phi) is 4.51. The van der Waals surface area contributed by atoms with Crippen molar-refractivity contribution in [3.8, 4) is 0 Å². The number of esters is 1. The molecule has 1 amide bonds. The number of rotatable bonds is 5. The lowest BCUT2D eigenvalue weighted by Gasteiger charge is -2.05. The van der Waals surface area contributed by atoms with E-state index in [1.165, 1.54) is 0 Å². The van der Waals surface area contributed by atoms with E-state index in [2.05, 4.69) is 13.2 Å². The van der Waals surface area contributed by atoms with E-state index >= 15 is 0 Å². The van der Waals surface area contributed by atoms with Crippen molar-refractivity contribution < 1.29 is 14.3 Å². The van der Waals surface area contributed by atoms with Crippen molar-refractivity contribution in [2.24, 2.45) is 5.73 Å². The van der Waals surface area contributed by atoms with Crippen molar-refractivity contribution >= 4 is 11.9 Å². The molecule has 0 aliphatic rings. The van der Waals surface area contributed by atoms with Crippen LogP contribution in [0.2, 0.25) is 0 Å². The topological polar surface area (TPSA) is 69.4 Å². The number of amides is 1. The lowest BCUT2D eigenvalue weighted by molar-refractivity contribution is -0.139. The van der Waals surface area contributed by atoms with Crippen molar-refractivity contribution in [1.82, 2.24) is 0 Å². The van der Waals surface area contributed by atoms with Crippen molar-refractivity contribution in [3.63, 3.8) is 0 Å². The summed E-state index contributed by atoms with van der Waals surface area (Å²) in [5.41, 5.74) is 4.70. The molecule has 0 atom stereocenters. The number of carbonyl (C=O) groups excluding carboxylic acids is 2. The van der Waals surface area contributed by atoms with E-state index in [9.17, 15) is 9.59 Å². The molecule has 0 rings (SSSR count). The monoisotopic (exact) mass is 183 g/mol. The lowest BCUT2D eigenvalue weighted by atomic mass is 10.1. The number of primary amides is 1. The summed E-state index contributed by atoms with van der Waals surface area (Å²) in [7, 11) is 0. The van der Waals surface area contributed by atoms with E-state index < -0.39 is 11.9 Å². The van der Waals surface area contributed by atoms with Gasteiger partial charge in [0.25, 0.3) is 0 Å². The van der Waals surface area contributed by atoms with Gasteiger partial charge in [-0.15, -0.1) is 0 Å². The van der Waals surface area contributed by atoms with Crippen molar-refractivity contribution in [3.05, 3.63) is 24.3 Å². The Balaban J connectivity index is 4.19. The highest BCUT2D eigenvalue weighted by molar-refractivity contribution is 6.07. The third-order valence-corrected chi connectivity index (χ3v) is 1.35. The van der Waals surface area contributed by atoms with Gasteiger partial charge >= 0.3 is 5.97 Å². The van der Waals surface area contributed by atoms with E-state index in [-0.39, 0.29) is 11.1 Å². The van der Waals surface area contributed by atoms with Gasteiger partial charge in [-0.3, -0.25) is 4.79 Å². The molecule has 0 aromatic heterocycles. The van der Waals surface area contributed by atoms with Gasteiger partial charge in [0.1, 0.15) is 0 Å². The zero-order valence-corrected chi connectivity index (χ0v) is 7.63. The Morgan fingerprint density at radius 3 is 2.23 bits per heavy atom. The van der Waals surface area contributed by atoms with Gasteiger partial charge in [0.05, 0.1) is 12.2 Å². The summed E-state index contributed by atoms with van der Waals surface area (Å²) >= 11 is 0. The third kappa shape index (κ3) is 3.55. The molecular weight excluding hydrogens is 170 g/mol. The van der Waals surface area contributed by atoms with Crippen LogP contribution < -0.4 is 5.73 Å². The molecule has 4 heteroatoms. The summed E-state index contributed by atoms with van der Waals surface area (Å²) in [5.74, 6) is -1.41. The average molecular weight is 183 g/mol. The first kappa shape index (κ1) is 11.4. The van der Waals surface area contributed by atoms with Gasteiger partial charge in [-0.25, -0.2) is 4.79 Å². The van der Waals surface area contributed by atoms with Gasteiger partial charge in [0.15, 0.2) is 0 Å². The highest BCUT2D eigenvalue weighted by atomic mass is 16.5. The smallest absolute Gasteiger partial charge is 0.338 e. The molecule has 0 radical (unpaired) electrons. The van der Waals surface area contributed by atoms with Crippen LogP contribution in [0.3, 0.4) is 0 Å². The predicted molar refractivity (Wildman–Crippen MR) is 48.7 cm³/mol. The van der Waals surface area contributed by atoms with Gasteiger partial charge in [0, 0.05) is 5.57 Å². The van der Waals surface area contributed by atoms with Crippen LogP contribution >= 0.6 is 0 Å². The Morgan fingerprint density at radius 2 is 1.85 bits per heavy atom. The Hall–Kier alpha value is -1.58. The summed E-state index contributed by atoms with van der Waals surface area (Å²) < 4.78 is 4.72. The molecule has 0 saturated heterocycles. The minimum atomic E-state index is -0.765. The molecule has 4 nitrogen and oxygen atoms in total. The van der Waals surface area contributed by atoms with Crippen LogP contribution in [0.4, 0.5) is 0 Å². The Bertz CT molecular complexity index is 256.